The Labute approximate surface area is 114 Å². The van der Waals surface area contributed by atoms with Crippen LogP contribution in [0.1, 0.15) is 33.6 Å². The highest BCUT2D eigenvalue weighted by molar-refractivity contribution is 8.00. The maximum Gasteiger partial charge on any atom is 0.115 e. The van der Waals surface area contributed by atoms with E-state index in [0.717, 1.165) is 29.4 Å². The zero-order valence-corrected chi connectivity index (χ0v) is 12.3. The molecule has 1 rings (SSSR count). The molecule has 1 N–H and O–H groups in total. The van der Waals surface area contributed by atoms with Crippen molar-refractivity contribution in [2.24, 2.45) is 0 Å². The summed E-state index contributed by atoms with van der Waals surface area (Å²) in [7, 11) is 0. The predicted molar refractivity (Wildman–Crippen MR) is 76.9 cm³/mol. The summed E-state index contributed by atoms with van der Waals surface area (Å²) >= 11 is 7.86. The molecule has 0 saturated heterocycles. The van der Waals surface area contributed by atoms with Gasteiger partial charge in [-0.2, -0.15) is 0 Å². The van der Waals surface area contributed by atoms with Crippen LogP contribution in [-0.4, -0.2) is 22.8 Å². The van der Waals surface area contributed by atoms with E-state index in [1.807, 2.05) is 12.1 Å². The number of thioether (sulfide) groups is 1. The summed E-state index contributed by atoms with van der Waals surface area (Å²) in [5.74, 6) is 0. The van der Waals surface area contributed by atoms with E-state index in [1.54, 1.807) is 18.0 Å². The topological polar surface area (TPSA) is 24.9 Å². The van der Waals surface area contributed by atoms with Crippen LogP contribution in [0.3, 0.4) is 0 Å². The highest BCUT2D eigenvalue weighted by atomic mass is 35.5. The fraction of sp³-hybridized carbons (Fsp3) is 0.615. The standard InChI is InChI=1S/C13H21ClN2S/c1-4-8-15-12(5-2)10(3)17-13-11(14)7-6-9-16-13/h6-7,9-10,12,15H,4-5,8H2,1-3H3. The van der Waals surface area contributed by atoms with Gasteiger partial charge in [-0.3, -0.25) is 0 Å². The Bertz CT molecular complexity index is 333. The summed E-state index contributed by atoms with van der Waals surface area (Å²) in [4.78, 5) is 4.32. The molecule has 0 saturated carbocycles. The Hall–Kier alpha value is -0.250. The minimum Gasteiger partial charge on any atom is -0.313 e. The Morgan fingerprint density at radius 1 is 1.47 bits per heavy atom. The summed E-state index contributed by atoms with van der Waals surface area (Å²) in [5, 5.41) is 5.71. The summed E-state index contributed by atoms with van der Waals surface area (Å²) in [6.07, 6.45) is 4.08. The van der Waals surface area contributed by atoms with Gasteiger partial charge in [-0.25, -0.2) is 4.98 Å². The van der Waals surface area contributed by atoms with Crippen molar-refractivity contribution in [3.05, 3.63) is 23.4 Å². The van der Waals surface area contributed by atoms with E-state index in [4.69, 9.17) is 11.6 Å². The van der Waals surface area contributed by atoms with Crippen molar-refractivity contribution in [1.82, 2.24) is 10.3 Å². The zero-order valence-electron chi connectivity index (χ0n) is 10.7. The highest BCUT2D eigenvalue weighted by Gasteiger charge is 2.17. The molecule has 0 aliphatic carbocycles. The molecule has 0 fully saturated rings. The van der Waals surface area contributed by atoms with Gasteiger partial charge in [0, 0.05) is 17.5 Å². The second kappa shape index (κ2) is 7.96. The maximum atomic E-state index is 6.12. The smallest absolute Gasteiger partial charge is 0.115 e. The fourth-order valence-electron chi connectivity index (χ4n) is 1.69. The molecular formula is C13H21ClN2S. The number of rotatable bonds is 7. The first-order chi connectivity index (χ1) is 8.19. The molecule has 0 aliphatic heterocycles. The van der Waals surface area contributed by atoms with E-state index in [2.05, 4.69) is 31.1 Å². The average molecular weight is 273 g/mol. The first-order valence-electron chi connectivity index (χ1n) is 6.19. The highest BCUT2D eigenvalue weighted by Crippen LogP contribution is 2.29. The third-order valence-electron chi connectivity index (χ3n) is 2.69. The molecule has 0 amide bonds. The number of hydrogen-bond acceptors (Lipinski definition) is 3. The van der Waals surface area contributed by atoms with Crippen LogP contribution in [0.2, 0.25) is 5.02 Å². The molecule has 17 heavy (non-hydrogen) atoms. The van der Waals surface area contributed by atoms with Crippen LogP contribution in [0.5, 0.6) is 0 Å². The molecule has 1 heterocycles. The molecule has 2 unspecified atom stereocenters. The predicted octanol–water partition coefficient (Wildman–Crippen LogP) is 3.99. The van der Waals surface area contributed by atoms with Gasteiger partial charge in [0.25, 0.3) is 0 Å². The molecular weight excluding hydrogens is 252 g/mol. The molecule has 1 aromatic rings. The molecule has 1 aromatic heterocycles. The van der Waals surface area contributed by atoms with Crippen molar-refractivity contribution in [3.8, 4) is 0 Å². The molecule has 0 bridgehead atoms. The van der Waals surface area contributed by atoms with Gasteiger partial charge >= 0.3 is 0 Å². The van der Waals surface area contributed by atoms with Crippen LogP contribution in [0.25, 0.3) is 0 Å². The van der Waals surface area contributed by atoms with Gasteiger partial charge in [0.2, 0.25) is 0 Å². The van der Waals surface area contributed by atoms with Crippen molar-refractivity contribution >= 4 is 23.4 Å². The normalized spacial score (nSPS) is 14.6. The molecule has 2 atom stereocenters. The average Bonchev–Trinajstić information content (AvgIpc) is 2.33. The monoisotopic (exact) mass is 272 g/mol. The number of nitrogens with one attached hydrogen (secondary N) is 1. The van der Waals surface area contributed by atoms with Gasteiger partial charge in [-0.1, -0.05) is 32.4 Å². The van der Waals surface area contributed by atoms with Gasteiger partial charge in [0.05, 0.1) is 5.02 Å². The van der Waals surface area contributed by atoms with Crippen molar-refractivity contribution in [3.63, 3.8) is 0 Å². The Morgan fingerprint density at radius 3 is 2.82 bits per heavy atom. The van der Waals surface area contributed by atoms with Gasteiger partial charge < -0.3 is 5.32 Å². The van der Waals surface area contributed by atoms with Gasteiger partial charge in [0.1, 0.15) is 5.03 Å². The van der Waals surface area contributed by atoms with Crippen LogP contribution in [0.15, 0.2) is 23.4 Å². The van der Waals surface area contributed by atoms with Crippen LogP contribution in [0.4, 0.5) is 0 Å². The lowest BCUT2D eigenvalue weighted by atomic mass is 10.1. The number of halogens is 1. The maximum absolute atomic E-state index is 6.12. The fourth-order valence-corrected chi connectivity index (χ4v) is 3.05. The second-order valence-electron chi connectivity index (χ2n) is 4.08. The Morgan fingerprint density at radius 2 is 2.24 bits per heavy atom. The van der Waals surface area contributed by atoms with Crippen LogP contribution in [0, 0.1) is 0 Å². The van der Waals surface area contributed by atoms with E-state index in [1.165, 1.54) is 0 Å². The van der Waals surface area contributed by atoms with Gasteiger partial charge in [0.15, 0.2) is 0 Å². The van der Waals surface area contributed by atoms with Crippen molar-refractivity contribution < 1.29 is 0 Å². The molecule has 2 nitrogen and oxygen atoms in total. The quantitative estimate of drug-likeness (QED) is 0.760. The third kappa shape index (κ3) is 4.86. The molecule has 0 spiro atoms. The number of aromatic nitrogens is 1. The second-order valence-corrected chi connectivity index (χ2v) is 5.86. The SMILES string of the molecule is CCCNC(CC)C(C)Sc1ncccc1Cl. The number of pyridine rings is 1. The summed E-state index contributed by atoms with van der Waals surface area (Å²) in [6.45, 7) is 7.70. The van der Waals surface area contributed by atoms with E-state index in [0.29, 0.717) is 11.3 Å². The lowest BCUT2D eigenvalue weighted by molar-refractivity contribution is 0.493. The Balaban J connectivity index is 2.57. The molecule has 0 aliphatic rings. The van der Waals surface area contributed by atoms with Crippen LogP contribution in [-0.2, 0) is 0 Å². The molecule has 0 aromatic carbocycles. The minimum absolute atomic E-state index is 0.471. The van der Waals surface area contributed by atoms with Crippen LogP contribution < -0.4 is 5.32 Å². The summed E-state index contributed by atoms with van der Waals surface area (Å²) in [6, 6.07) is 4.27. The van der Waals surface area contributed by atoms with Gasteiger partial charge in [-0.05, 0) is 31.5 Å². The van der Waals surface area contributed by atoms with Crippen molar-refractivity contribution in [2.45, 2.75) is 49.9 Å². The van der Waals surface area contributed by atoms with Crippen molar-refractivity contribution in [1.29, 1.82) is 0 Å². The van der Waals surface area contributed by atoms with Crippen LogP contribution >= 0.6 is 23.4 Å². The van der Waals surface area contributed by atoms with E-state index >= 15 is 0 Å². The number of nitrogens with zero attached hydrogens (tertiary/aromatic N) is 1. The summed E-state index contributed by atoms with van der Waals surface area (Å²) in [5.41, 5.74) is 0. The van der Waals surface area contributed by atoms with Gasteiger partial charge in [-0.15, -0.1) is 11.8 Å². The van der Waals surface area contributed by atoms with E-state index < -0.39 is 0 Å². The molecule has 96 valence electrons. The third-order valence-corrected chi connectivity index (χ3v) is 4.35. The van der Waals surface area contributed by atoms with E-state index in [-0.39, 0.29) is 0 Å². The Kier molecular flexibility index (Phi) is 6.93. The zero-order chi connectivity index (χ0) is 12.7. The van der Waals surface area contributed by atoms with E-state index in [9.17, 15) is 0 Å². The summed E-state index contributed by atoms with van der Waals surface area (Å²) < 4.78 is 0. The molecule has 4 heteroatoms. The molecule has 0 radical (unpaired) electrons. The lowest BCUT2D eigenvalue weighted by Gasteiger charge is -2.23. The first kappa shape index (κ1) is 14.8. The van der Waals surface area contributed by atoms with Crippen molar-refractivity contribution in [2.75, 3.05) is 6.54 Å². The minimum atomic E-state index is 0.471. The number of hydrogen-bond donors (Lipinski definition) is 1. The lowest BCUT2D eigenvalue weighted by Crippen LogP contribution is -2.36. The largest absolute Gasteiger partial charge is 0.313 e. The first-order valence-corrected chi connectivity index (χ1v) is 7.45.